The van der Waals surface area contributed by atoms with Gasteiger partial charge in [0.15, 0.2) is 0 Å². The molecule has 1 N–H and O–H groups in total. The maximum absolute atomic E-state index is 12.0. The van der Waals surface area contributed by atoms with E-state index in [0.29, 0.717) is 56.6 Å². The molecule has 1 fully saturated rings. The number of nitrogens with one attached hydrogen (secondary N) is 1. The molecule has 8 nitrogen and oxygen atoms in total. The second-order valence-corrected chi connectivity index (χ2v) is 5.26. The molecule has 0 spiro atoms. The molecule has 0 unspecified atom stereocenters. The van der Waals surface area contributed by atoms with E-state index >= 15 is 0 Å². The van der Waals surface area contributed by atoms with E-state index in [1.807, 2.05) is 0 Å². The molecule has 0 aromatic heterocycles. The maximum atomic E-state index is 12.0. The van der Waals surface area contributed by atoms with Gasteiger partial charge in [-0.15, -0.1) is 0 Å². The first kappa shape index (κ1) is 17.7. The average molecular weight is 337 g/mol. The predicted octanol–water partition coefficient (Wildman–Crippen LogP) is 0.566. The van der Waals surface area contributed by atoms with Gasteiger partial charge in [0.05, 0.1) is 20.8 Å². The summed E-state index contributed by atoms with van der Waals surface area (Å²) in [5, 5.41) is 2.81. The van der Waals surface area contributed by atoms with Crippen LogP contribution in [0.4, 0.5) is 4.79 Å². The fourth-order valence-electron chi connectivity index (χ4n) is 2.33. The second-order valence-electron chi connectivity index (χ2n) is 5.26. The molecule has 1 heterocycles. The number of urea groups is 1. The summed E-state index contributed by atoms with van der Waals surface area (Å²) >= 11 is 0. The lowest BCUT2D eigenvalue weighted by Crippen LogP contribution is -2.51. The zero-order valence-electron chi connectivity index (χ0n) is 14.0. The number of hydrogen-bond acceptors (Lipinski definition) is 5. The molecule has 24 heavy (non-hydrogen) atoms. The Morgan fingerprint density at radius 3 is 2.21 bits per heavy atom. The predicted molar refractivity (Wildman–Crippen MR) is 87.6 cm³/mol. The summed E-state index contributed by atoms with van der Waals surface area (Å²) in [5.41, 5.74) is 0. The van der Waals surface area contributed by atoms with Crippen LogP contribution in [0.1, 0.15) is 0 Å². The number of hydrogen-bond donors (Lipinski definition) is 1. The molecule has 0 radical (unpaired) electrons. The van der Waals surface area contributed by atoms with Crippen molar-refractivity contribution in [1.82, 2.24) is 15.1 Å². The van der Waals surface area contributed by atoms with E-state index in [2.05, 4.69) is 5.32 Å². The Hall–Kier alpha value is -2.64. The monoisotopic (exact) mass is 337 g/mol. The van der Waals surface area contributed by atoms with Crippen molar-refractivity contribution in [2.24, 2.45) is 0 Å². The zero-order valence-corrected chi connectivity index (χ0v) is 14.0. The third-order valence-electron chi connectivity index (χ3n) is 3.72. The lowest BCUT2D eigenvalue weighted by Gasteiger charge is -2.32. The van der Waals surface area contributed by atoms with E-state index in [4.69, 9.17) is 14.2 Å². The normalized spacial score (nSPS) is 14.1. The molecule has 3 amide bonds. The number of methoxy groups -OCH3 is 2. The van der Waals surface area contributed by atoms with E-state index < -0.39 is 0 Å². The van der Waals surface area contributed by atoms with Gasteiger partial charge in [-0.05, 0) is 0 Å². The van der Waals surface area contributed by atoms with Crippen molar-refractivity contribution < 1.29 is 23.8 Å². The van der Waals surface area contributed by atoms with Crippen LogP contribution in [0.15, 0.2) is 18.2 Å². The molecule has 132 valence electrons. The highest BCUT2D eigenvalue weighted by Crippen LogP contribution is 2.27. The standard InChI is InChI=1S/C16H23N3O5/c1-22-13-9-14(23-2)11-15(10-13)24-8-3-17-16(21)19-6-4-18(12-20)5-7-19/h9-12H,3-8H2,1-2H3,(H,17,21). The maximum Gasteiger partial charge on any atom is 0.317 e. The second kappa shape index (κ2) is 8.85. The molecule has 1 aliphatic heterocycles. The van der Waals surface area contributed by atoms with Gasteiger partial charge in [0.25, 0.3) is 0 Å². The molecule has 0 bridgehead atoms. The van der Waals surface area contributed by atoms with E-state index in [1.165, 1.54) is 0 Å². The smallest absolute Gasteiger partial charge is 0.317 e. The van der Waals surface area contributed by atoms with Crippen LogP contribution in [-0.2, 0) is 4.79 Å². The number of benzene rings is 1. The quantitative estimate of drug-likeness (QED) is 0.581. The minimum absolute atomic E-state index is 0.146. The molecule has 1 saturated heterocycles. The van der Waals surface area contributed by atoms with Gasteiger partial charge in [0.1, 0.15) is 23.9 Å². The molecular formula is C16H23N3O5. The van der Waals surface area contributed by atoms with Gasteiger partial charge < -0.3 is 29.3 Å². The number of amides is 3. The summed E-state index contributed by atoms with van der Waals surface area (Å²) in [7, 11) is 3.15. The number of nitrogens with zero attached hydrogens (tertiary/aromatic N) is 2. The zero-order chi connectivity index (χ0) is 17.4. The van der Waals surface area contributed by atoms with E-state index in [0.717, 1.165) is 6.41 Å². The summed E-state index contributed by atoms with van der Waals surface area (Å²) in [6, 6.07) is 5.12. The average Bonchev–Trinajstić information content (AvgIpc) is 2.64. The van der Waals surface area contributed by atoms with Crippen molar-refractivity contribution >= 4 is 12.4 Å². The van der Waals surface area contributed by atoms with Crippen molar-refractivity contribution in [2.75, 3.05) is 53.6 Å². The van der Waals surface area contributed by atoms with Crippen LogP contribution in [0.2, 0.25) is 0 Å². The van der Waals surface area contributed by atoms with Crippen LogP contribution in [0.25, 0.3) is 0 Å². The molecule has 2 rings (SSSR count). The van der Waals surface area contributed by atoms with Gasteiger partial charge in [0, 0.05) is 44.4 Å². The van der Waals surface area contributed by atoms with Crippen molar-refractivity contribution in [1.29, 1.82) is 0 Å². The van der Waals surface area contributed by atoms with Crippen LogP contribution in [0.3, 0.4) is 0 Å². The molecule has 0 atom stereocenters. The van der Waals surface area contributed by atoms with E-state index in [1.54, 1.807) is 42.2 Å². The molecular weight excluding hydrogens is 314 g/mol. The van der Waals surface area contributed by atoms with Crippen LogP contribution in [0, 0.1) is 0 Å². The molecule has 1 aromatic rings. The van der Waals surface area contributed by atoms with Gasteiger partial charge in [-0.2, -0.15) is 0 Å². The van der Waals surface area contributed by atoms with Gasteiger partial charge in [-0.1, -0.05) is 0 Å². The highest BCUT2D eigenvalue weighted by Gasteiger charge is 2.19. The van der Waals surface area contributed by atoms with Gasteiger partial charge in [-0.3, -0.25) is 4.79 Å². The van der Waals surface area contributed by atoms with Crippen molar-refractivity contribution in [2.45, 2.75) is 0 Å². The summed E-state index contributed by atoms with van der Waals surface area (Å²) in [6.45, 7) is 2.92. The first-order valence-corrected chi connectivity index (χ1v) is 7.74. The summed E-state index contributed by atoms with van der Waals surface area (Å²) in [4.78, 5) is 26.0. The lowest BCUT2D eigenvalue weighted by atomic mass is 10.3. The third kappa shape index (κ3) is 4.94. The summed E-state index contributed by atoms with van der Waals surface area (Å²) < 4.78 is 16.0. The van der Waals surface area contributed by atoms with Crippen LogP contribution < -0.4 is 19.5 Å². The largest absolute Gasteiger partial charge is 0.496 e. The minimum atomic E-state index is -0.146. The highest BCUT2D eigenvalue weighted by atomic mass is 16.5. The van der Waals surface area contributed by atoms with Crippen molar-refractivity contribution in [3.63, 3.8) is 0 Å². The Bertz CT molecular complexity index is 536. The number of ether oxygens (including phenoxy) is 3. The number of carbonyl (C=O) groups excluding carboxylic acids is 2. The first-order valence-electron chi connectivity index (χ1n) is 7.74. The molecule has 0 aliphatic carbocycles. The fourth-order valence-corrected chi connectivity index (χ4v) is 2.33. The molecule has 0 saturated carbocycles. The Morgan fingerprint density at radius 2 is 1.67 bits per heavy atom. The summed E-state index contributed by atoms with van der Waals surface area (Å²) in [6.07, 6.45) is 0.811. The van der Waals surface area contributed by atoms with Gasteiger partial charge in [-0.25, -0.2) is 4.79 Å². The summed E-state index contributed by atoms with van der Waals surface area (Å²) in [5.74, 6) is 1.89. The highest BCUT2D eigenvalue weighted by molar-refractivity contribution is 5.74. The molecule has 1 aromatic carbocycles. The molecule has 1 aliphatic rings. The Labute approximate surface area is 141 Å². The van der Waals surface area contributed by atoms with Crippen LogP contribution in [-0.4, -0.2) is 75.8 Å². The minimum Gasteiger partial charge on any atom is -0.496 e. The van der Waals surface area contributed by atoms with Gasteiger partial charge >= 0.3 is 6.03 Å². The van der Waals surface area contributed by atoms with Crippen molar-refractivity contribution in [3.8, 4) is 17.2 Å². The number of piperazine rings is 1. The lowest BCUT2D eigenvalue weighted by molar-refractivity contribution is -0.119. The number of carbonyl (C=O) groups is 2. The molecule has 8 heteroatoms. The SMILES string of the molecule is COc1cc(OC)cc(OCCNC(=O)N2CCN(C=O)CC2)c1. The van der Waals surface area contributed by atoms with Gasteiger partial charge in [0.2, 0.25) is 6.41 Å². The fraction of sp³-hybridized carbons (Fsp3) is 0.500. The van der Waals surface area contributed by atoms with E-state index in [-0.39, 0.29) is 6.03 Å². The van der Waals surface area contributed by atoms with E-state index in [9.17, 15) is 9.59 Å². The first-order chi connectivity index (χ1) is 11.7. The number of rotatable bonds is 7. The Kier molecular flexibility index (Phi) is 6.53. The third-order valence-corrected chi connectivity index (χ3v) is 3.72. The Balaban J connectivity index is 1.73. The van der Waals surface area contributed by atoms with Crippen LogP contribution >= 0.6 is 0 Å². The van der Waals surface area contributed by atoms with Crippen LogP contribution in [0.5, 0.6) is 17.2 Å². The van der Waals surface area contributed by atoms with Crippen molar-refractivity contribution in [3.05, 3.63) is 18.2 Å². The topological polar surface area (TPSA) is 80.3 Å². The Morgan fingerprint density at radius 1 is 1.08 bits per heavy atom.